The van der Waals surface area contributed by atoms with Gasteiger partial charge in [-0.3, -0.25) is 14.3 Å². The number of amides is 2. The number of nitrogens with zero attached hydrogens (tertiary/aromatic N) is 3. The first-order valence-electron chi connectivity index (χ1n) is 8.42. The van der Waals surface area contributed by atoms with Crippen molar-refractivity contribution in [3.8, 4) is 0 Å². The molecule has 1 aliphatic heterocycles. The Kier molecular flexibility index (Phi) is 3.58. The SMILES string of the molecule is O=C(NC1CC(F)(F)C1)C1CN(C(=O)C2CCC2)Cc2ccnn21. The van der Waals surface area contributed by atoms with Crippen molar-refractivity contribution in [1.29, 1.82) is 0 Å². The number of carbonyl (C=O) groups excluding carboxylic acids is 2. The Bertz CT molecular complexity index is 663. The standard InChI is InChI=1S/C16H20F2N4O2/c17-16(18)6-11(7-16)20-14(23)13-9-21(15(24)10-2-1-3-10)8-12-4-5-19-22(12)13/h4-5,10-11,13H,1-3,6-9H2,(H,20,23). The van der Waals surface area contributed by atoms with E-state index in [0.29, 0.717) is 6.54 Å². The highest BCUT2D eigenvalue weighted by molar-refractivity contribution is 5.84. The van der Waals surface area contributed by atoms with Gasteiger partial charge in [0.15, 0.2) is 0 Å². The van der Waals surface area contributed by atoms with Gasteiger partial charge in [0.1, 0.15) is 6.04 Å². The van der Waals surface area contributed by atoms with Crippen molar-refractivity contribution >= 4 is 11.8 Å². The van der Waals surface area contributed by atoms with E-state index in [9.17, 15) is 18.4 Å². The van der Waals surface area contributed by atoms with Gasteiger partial charge in [0.05, 0.1) is 18.8 Å². The van der Waals surface area contributed by atoms with Crippen molar-refractivity contribution in [2.45, 2.75) is 56.7 Å². The van der Waals surface area contributed by atoms with E-state index in [1.807, 2.05) is 0 Å². The van der Waals surface area contributed by atoms with Gasteiger partial charge in [-0.25, -0.2) is 8.78 Å². The van der Waals surface area contributed by atoms with Crippen LogP contribution in [-0.4, -0.2) is 45.0 Å². The number of aromatic nitrogens is 2. The van der Waals surface area contributed by atoms with Crippen LogP contribution >= 0.6 is 0 Å². The van der Waals surface area contributed by atoms with Gasteiger partial charge in [-0.1, -0.05) is 6.42 Å². The molecule has 0 radical (unpaired) electrons. The molecule has 2 saturated carbocycles. The molecule has 0 bridgehead atoms. The summed E-state index contributed by atoms with van der Waals surface area (Å²) in [5.74, 6) is -2.87. The summed E-state index contributed by atoms with van der Waals surface area (Å²) in [4.78, 5) is 26.8. The monoisotopic (exact) mass is 338 g/mol. The largest absolute Gasteiger partial charge is 0.351 e. The zero-order valence-electron chi connectivity index (χ0n) is 13.3. The van der Waals surface area contributed by atoms with E-state index >= 15 is 0 Å². The minimum absolute atomic E-state index is 0.0634. The van der Waals surface area contributed by atoms with Crippen molar-refractivity contribution in [3.63, 3.8) is 0 Å². The third-order valence-corrected chi connectivity index (χ3v) is 5.30. The lowest BCUT2D eigenvalue weighted by Crippen LogP contribution is -2.55. The van der Waals surface area contributed by atoms with Crippen molar-refractivity contribution in [3.05, 3.63) is 18.0 Å². The molecule has 2 amide bonds. The molecule has 0 aromatic carbocycles. The number of fused-ring (bicyclic) bond motifs is 1. The second-order valence-corrected chi connectivity index (χ2v) is 7.10. The van der Waals surface area contributed by atoms with Crippen molar-refractivity contribution in [2.75, 3.05) is 6.54 Å². The van der Waals surface area contributed by atoms with Gasteiger partial charge >= 0.3 is 0 Å². The summed E-state index contributed by atoms with van der Waals surface area (Å²) in [5, 5.41) is 6.85. The number of hydrogen-bond donors (Lipinski definition) is 1. The Morgan fingerprint density at radius 3 is 2.67 bits per heavy atom. The molecular formula is C16H20F2N4O2. The molecule has 6 nitrogen and oxygen atoms in total. The maximum atomic E-state index is 13.0. The van der Waals surface area contributed by atoms with Gasteiger partial charge < -0.3 is 10.2 Å². The quantitative estimate of drug-likeness (QED) is 0.908. The Hall–Kier alpha value is -1.99. The lowest BCUT2D eigenvalue weighted by Gasteiger charge is -2.39. The topological polar surface area (TPSA) is 67.2 Å². The summed E-state index contributed by atoms with van der Waals surface area (Å²) < 4.78 is 27.5. The van der Waals surface area contributed by atoms with E-state index in [1.165, 1.54) is 0 Å². The molecule has 2 heterocycles. The lowest BCUT2D eigenvalue weighted by atomic mass is 9.84. The smallest absolute Gasteiger partial charge is 0.252 e. The van der Waals surface area contributed by atoms with Crippen LogP contribution in [-0.2, 0) is 16.1 Å². The molecule has 1 aromatic rings. The molecule has 1 aromatic heterocycles. The summed E-state index contributed by atoms with van der Waals surface area (Å²) >= 11 is 0. The van der Waals surface area contributed by atoms with Crippen LogP contribution in [0.3, 0.4) is 0 Å². The molecule has 8 heteroatoms. The highest BCUT2D eigenvalue weighted by Gasteiger charge is 2.47. The Morgan fingerprint density at radius 1 is 1.29 bits per heavy atom. The highest BCUT2D eigenvalue weighted by Crippen LogP contribution is 2.38. The van der Waals surface area contributed by atoms with E-state index in [4.69, 9.17) is 0 Å². The van der Waals surface area contributed by atoms with Crippen LogP contribution in [0, 0.1) is 5.92 Å². The third-order valence-electron chi connectivity index (χ3n) is 5.30. The average molecular weight is 338 g/mol. The van der Waals surface area contributed by atoms with E-state index < -0.39 is 18.0 Å². The molecule has 24 heavy (non-hydrogen) atoms. The zero-order valence-corrected chi connectivity index (χ0v) is 13.3. The van der Waals surface area contributed by atoms with Crippen LogP contribution in [0.2, 0.25) is 0 Å². The molecule has 2 aliphatic carbocycles. The number of carbonyl (C=O) groups is 2. The Labute approximate surface area is 138 Å². The maximum absolute atomic E-state index is 13.0. The van der Waals surface area contributed by atoms with Gasteiger partial charge in [0.25, 0.3) is 5.92 Å². The van der Waals surface area contributed by atoms with Crippen LogP contribution in [0.5, 0.6) is 0 Å². The van der Waals surface area contributed by atoms with Crippen LogP contribution < -0.4 is 5.32 Å². The fourth-order valence-corrected chi connectivity index (χ4v) is 3.63. The highest BCUT2D eigenvalue weighted by atomic mass is 19.3. The second-order valence-electron chi connectivity index (χ2n) is 7.10. The minimum Gasteiger partial charge on any atom is -0.351 e. The first-order chi connectivity index (χ1) is 11.4. The zero-order chi connectivity index (χ0) is 16.9. The molecule has 1 atom stereocenters. The van der Waals surface area contributed by atoms with Crippen LogP contribution in [0.4, 0.5) is 8.78 Å². The predicted octanol–water partition coefficient (Wildman–Crippen LogP) is 1.48. The van der Waals surface area contributed by atoms with Crippen LogP contribution in [0.15, 0.2) is 12.3 Å². The molecule has 0 saturated heterocycles. The Balaban J connectivity index is 1.47. The molecule has 2 fully saturated rings. The van der Waals surface area contributed by atoms with Crippen molar-refractivity contribution in [2.24, 2.45) is 5.92 Å². The van der Waals surface area contributed by atoms with E-state index in [1.54, 1.807) is 21.8 Å². The first-order valence-corrected chi connectivity index (χ1v) is 8.42. The molecule has 1 N–H and O–H groups in total. The van der Waals surface area contributed by atoms with Crippen molar-refractivity contribution < 1.29 is 18.4 Å². The first kappa shape index (κ1) is 15.5. The number of nitrogens with one attached hydrogen (secondary N) is 1. The average Bonchev–Trinajstić information content (AvgIpc) is 2.90. The number of hydrogen-bond acceptors (Lipinski definition) is 3. The van der Waals surface area contributed by atoms with E-state index in [2.05, 4.69) is 10.4 Å². The third kappa shape index (κ3) is 2.67. The number of rotatable bonds is 3. The molecule has 1 unspecified atom stereocenters. The fourth-order valence-electron chi connectivity index (χ4n) is 3.63. The predicted molar refractivity (Wildman–Crippen MR) is 80.1 cm³/mol. The van der Waals surface area contributed by atoms with Gasteiger partial charge in [-0.2, -0.15) is 5.10 Å². The Morgan fingerprint density at radius 2 is 2.04 bits per heavy atom. The van der Waals surface area contributed by atoms with Crippen LogP contribution in [0.25, 0.3) is 0 Å². The van der Waals surface area contributed by atoms with E-state index in [0.717, 1.165) is 25.0 Å². The summed E-state index contributed by atoms with van der Waals surface area (Å²) in [7, 11) is 0. The molecule has 3 aliphatic rings. The summed E-state index contributed by atoms with van der Waals surface area (Å²) in [6, 6.07) is 0.643. The van der Waals surface area contributed by atoms with Crippen LogP contribution in [0.1, 0.15) is 43.8 Å². The fraction of sp³-hybridized carbons (Fsp3) is 0.688. The molecular weight excluding hydrogens is 318 g/mol. The molecule has 4 rings (SSSR count). The number of halogens is 2. The lowest BCUT2D eigenvalue weighted by molar-refractivity contribution is -0.142. The summed E-state index contributed by atoms with van der Waals surface area (Å²) in [6.07, 6.45) is 3.85. The number of alkyl halides is 2. The second kappa shape index (κ2) is 5.53. The van der Waals surface area contributed by atoms with Gasteiger partial charge in [0, 0.05) is 31.0 Å². The van der Waals surface area contributed by atoms with Gasteiger partial charge in [0.2, 0.25) is 11.8 Å². The molecule has 130 valence electrons. The van der Waals surface area contributed by atoms with Gasteiger partial charge in [-0.05, 0) is 18.9 Å². The minimum atomic E-state index is -2.67. The van der Waals surface area contributed by atoms with Crippen molar-refractivity contribution in [1.82, 2.24) is 20.0 Å². The molecule has 0 spiro atoms. The summed E-state index contributed by atoms with van der Waals surface area (Å²) in [6.45, 7) is 0.694. The summed E-state index contributed by atoms with van der Waals surface area (Å²) in [5.41, 5.74) is 0.799. The maximum Gasteiger partial charge on any atom is 0.252 e. The van der Waals surface area contributed by atoms with Gasteiger partial charge in [-0.15, -0.1) is 0 Å². The van der Waals surface area contributed by atoms with E-state index in [-0.39, 0.29) is 37.1 Å². The normalized spacial score (nSPS) is 26.2.